The molecule has 0 bridgehead atoms. The van der Waals surface area contributed by atoms with Crippen molar-refractivity contribution in [2.45, 2.75) is 6.54 Å². The number of rotatable bonds is 7. The standard InChI is InChI=1S/C14H17N5O2/c15-16-14(20)13-11-19(18-17-13)8-10-21-9-4-7-12-5-2-1-3-6-12/h1-7,11H,8-10,15H2,(H,16,20). The predicted octanol–water partition coefficient (Wildman–Crippen LogP) is 0.612. The Kier molecular flexibility index (Phi) is 5.62. The first-order chi connectivity index (χ1) is 10.3. The van der Waals surface area contributed by atoms with Crippen LogP contribution in [0.3, 0.4) is 0 Å². The molecule has 21 heavy (non-hydrogen) atoms. The molecule has 0 aliphatic carbocycles. The summed E-state index contributed by atoms with van der Waals surface area (Å²) in [5, 5.41) is 7.50. The number of nitrogens with two attached hydrogens (primary N) is 1. The Morgan fingerprint density at radius 2 is 2.19 bits per heavy atom. The van der Waals surface area contributed by atoms with Crippen LogP contribution >= 0.6 is 0 Å². The van der Waals surface area contributed by atoms with E-state index in [0.29, 0.717) is 19.8 Å². The van der Waals surface area contributed by atoms with Gasteiger partial charge in [-0.1, -0.05) is 47.7 Å². The van der Waals surface area contributed by atoms with Gasteiger partial charge in [0.15, 0.2) is 5.69 Å². The van der Waals surface area contributed by atoms with Crippen LogP contribution in [0.15, 0.2) is 42.6 Å². The number of amides is 1. The second-order valence-corrected chi connectivity index (χ2v) is 4.23. The lowest BCUT2D eigenvalue weighted by Gasteiger charge is -2.00. The Balaban J connectivity index is 1.67. The van der Waals surface area contributed by atoms with Crippen molar-refractivity contribution in [1.29, 1.82) is 0 Å². The Morgan fingerprint density at radius 3 is 2.95 bits per heavy atom. The molecule has 0 unspecified atom stereocenters. The number of nitrogens with zero attached hydrogens (tertiary/aromatic N) is 3. The lowest BCUT2D eigenvalue weighted by molar-refractivity contribution is 0.0948. The SMILES string of the molecule is NNC(=O)c1cn(CCOCC=Cc2ccccc2)nn1. The van der Waals surface area contributed by atoms with E-state index < -0.39 is 5.91 Å². The number of ether oxygens (including phenoxy) is 1. The van der Waals surface area contributed by atoms with Crippen LogP contribution in [-0.2, 0) is 11.3 Å². The molecule has 0 saturated carbocycles. The molecule has 0 spiro atoms. The summed E-state index contributed by atoms with van der Waals surface area (Å²) in [6, 6.07) is 10.00. The van der Waals surface area contributed by atoms with Crippen molar-refractivity contribution in [3.8, 4) is 0 Å². The van der Waals surface area contributed by atoms with Gasteiger partial charge in [0.1, 0.15) is 0 Å². The number of nitrogens with one attached hydrogen (secondary N) is 1. The van der Waals surface area contributed by atoms with Crippen LogP contribution in [0.1, 0.15) is 16.1 Å². The molecule has 110 valence electrons. The van der Waals surface area contributed by atoms with E-state index in [9.17, 15) is 4.79 Å². The molecule has 2 aromatic rings. The van der Waals surface area contributed by atoms with Crippen LogP contribution < -0.4 is 11.3 Å². The van der Waals surface area contributed by atoms with Crippen molar-refractivity contribution in [1.82, 2.24) is 20.4 Å². The van der Waals surface area contributed by atoms with Gasteiger partial charge in [-0.05, 0) is 5.56 Å². The maximum absolute atomic E-state index is 11.2. The molecule has 0 aliphatic rings. The molecule has 0 aliphatic heterocycles. The average Bonchev–Trinajstić information content (AvgIpc) is 3.00. The van der Waals surface area contributed by atoms with Crippen molar-refractivity contribution in [2.75, 3.05) is 13.2 Å². The monoisotopic (exact) mass is 287 g/mol. The molecule has 0 saturated heterocycles. The van der Waals surface area contributed by atoms with Crippen LogP contribution in [0.5, 0.6) is 0 Å². The third kappa shape index (κ3) is 4.83. The summed E-state index contributed by atoms with van der Waals surface area (Å²) in [5.41, 5.74) is 3.32. The van der Waals surface area contributed by atoms with E-state index in [1.165, 1.54) is 10.9 Å². The van der Waals surface area contributed by atoms with Gasteiger partial charge in [-0.15, -0.1) is 5.10 Å². The summed E-state index contributed by atoms with van der Waals surface area (Å²) in [5.74, 6) is 4.54. The number of hydrogen-bond acceptors (Lipinski definition) is 5. The predicted molar refractivity (Wildman–Crippen MR) is 78.0 cm³/mol. The Labute approximate surface area is 122 Å². The first kappa shape index (κ1) is 14.9. The summed E-state index contributed by atoms with van der Waals surface area (Å²) in [6.45, 7) is 1.51. The lowest BCUT2D eigenvalue weighted by Crippen LogP contribution is -2.30. The fraction of sp³-hybridized carbons (Fsp3) is 0.214. The Hall–Kier alpha value is -2.51. The molecule has 0 fully saturated rings. The minimum absolute atomic E-state index is 0.182. The quantitative estimate of drug-likeness (QED) is 0.337. The van der Waals surface area contributed by atoms with Gasteiger partial charge in [-0.25, -0.2) is 10.5 Å². The van der Waals surface area contributed by atoms with Crippen molar-refractivity contribution in [3.05, 3.63) is 53.9 Å². The number of aromatic nitrogens is 3. The number of hydrazine groups is 1. The highest BCUT2D eigenvalue weighted by Crippen LogP contribution is 2.00. The smallest absolute Gasteiger partial charge is 0.287 e. The van der Waals surface area contributed by atoms with E-state index in [0.717, 1.165) is 5.56 Å². The van der Waals surface area contributed by atoms with Gasteiger partial charge in [0.05, 0.1) is 26.0 Å². The summed E-state index contributed by atoms with van der Waals surface area (Å²) in [6.07, 6.45) is 5.47. The molecule has 0 atom stereocenters. The highest BCUT2D eigenvalue weighted by Gasteiger charge is 2.08. The van der Waals surface area contributed by atoms with Gasteiger partial charge >= 0.3 is 0 Å². The molecule has 3 N–H and O–H groups in total. The largest absolute Gasteiger partial charge is 0.375 e. The van der Waals surface area contributed by atoms with E-state index in [1.54, 1.807) is 0 Å². The van der Waals surface area contributed by atoms with E-state index in [-0.39, 0.29) is 5.69 Å². The van der Waals surface area contributed by atoms with Gasteiger partial charge in [0, 0.05) is 0 Å². The van der Waals surface area contributed by atoms with Gasteiger partial charge < -0.3 is 4.74 Å². The van der Waals surface area contributed by atoms with E-state index >= 15 is 0 Å². The molecule has 1 aromatic carbocycles. The van der Waals surface area contributed by atoms with Gasteiger partial charge in [0.2, 0.25) is 0 Å². The second-order valence-electron chi connectivity index (χ2n) is 4.23. The zero-order chi connectivity index (χ0) is 14.9. The minimum atomic E-state index is -0.465. The van der Waals surface area contributed by atoms with Crippen LogP contribution in [0.25, 0.3) is 6.08 Å². The summed E-state index contributed by atoms with van der Waals surface area (Å²) in [4.78, 5) is 11.2. The molecule has 1 amide bonds. The summed E-state index contributed by atoms with van der Waals surface area (Å²) >= 11 is 0. The maximum atomic E-state index is 11.2. The van der Waals surface area contributed by atoms with Gasteiger partial charge in [0.25, 0.3) is 5.91 Å². The van der Waals surface area contributed by atoms with Crippen LogP contribution in [0, 0.1) is 0 Å². The zero-order valence-corrected chi connectivity index (χ0v) is 11.5. The average molecular weight is 287 g/mol. The van der Waals surface area contributed by atoms with E-state index in [2.05, 4.69) is 10.3 Å². The minimum Gasteiger partial charge on any atom is -0.375 e. The summed E-state index contributed by atoms with van der Waals surface area (Å²) in [7, 11) is 0. The molecule has 7 nitrogen and oxygen atoms in total. The van der Waals surface area contributed by atoms with Crippen molar-refractivity contribution in [3.63, 3.8) is 0 Å². The molecule has 1 heterocycles. The first-order valence-electron chi connectivity index (χ1n) is 6.50. The van der Waals surface area contributed by atoms with E-state index in [1.807, 2.05) is 47.9 Å². The number of hydrogen-bond donors (Lipinski definition) is 2. The number of carbonyl (C=O) groups excluding carboxylic acids is 1. The van der Waals surface area contributed by atoms with Crippen LogP contribution in [0.4, 0.5) is 0 Å². The van der Waals surface area contributed by atoms with Gasteiger partial charge in [-0.2, -0.15) is 0 Å². The molecule has 0 radical (unpaired) electrons. The Morgan fingerprint density at radius 1 is 1.38 bits per heavy atom. The third-order valence-corrected chi connectivity index (χ3v) is 2.69. The van der Waals surface area contributed by atoms with Gasteiger partial charge in [-0.3, -0.25) is 10.2 Å². The molecule has 2 rings (SSSR count). The van der Waals surface area contributed by atoms with Crippen molar-refractivity contribution < 1.29 is 9.53 Å². The topological polar surface area (TPSA) is 95.1 Å². The number of nitrogen functional groups attached to an aromatic ring is 1. The normalized spacial score (nSPS) is 10.9. The van der Waals surface area contributed by atoms with Crippen molar-refractivity contribution in [2.24, 2.45) is 5.84 Å². The lowest BCUT2D eigenvalue weighted by atomic mass is 10.2. The summed E-state index contributed by atoms with van der Waals surface area (Å²) < 4.78 is 6.99. The maximum Gasteiger partial charge on any atom is 0.287 e. The van der Waals surface area contributed by atoms with Crippen LogP contribution in [-0.4, -0.2) is 34.1 Å². The highest BCUT2D eigenvalue weighted by atomic mass is 16.5. The molecule has 1 aromatic heterocycles. The second kappa shape index (κ2) is 7.93. The third-order valence-electron chi connectivity index (χ3n) is 2.69. The molecular formula is C14H17N5O2. The fourth-order valence-corrected chi connectivity index (χ4v) is 1.64. The van der Waals surface area contributed by atoms with Crippen molar-refractivity contribution >= 4 is 12.0 Å². The van der Waals surface area contributed by atoms with Crippen LogP contribution in [0.2, 0.25) is 0 Å². The van der Waals surface area contributed by atoms with E-state index in [4.69, 9.17) is 10.6 Å². The zero-order valence-electron chi connectivity index (χ0n) is 11.5. The molecule has 7 heteroatoms. The molecular weight excluding hydrogens is 270 g/mol. The highest BCUT2D eigenvalue weighted by molar-refractivity contribution is 5.91. The number of benzene rings is 1. The first-order valence-corrected chi connectivity index (χ1v) is 6.50. The number of carbonyl (C=O) groups is 1. The Bertz CT molecular complexity index is 594. The fourth-order valence-electron chi connectivity index (χ4n) is 1.64.